The lowest BCUT2D eigenvalue weighted by molar-refractivity contribution is -0.139. The van der Waals surface area contributed by atoms with Gasteiger partial charge in [0.2, 0.25) is 0 Å². The molecule has 0 amide bonds. The molecular formula is C12H26O6. The Morgan fingerprint density at radius 2 is 1.06 bits per heavy atom. The first-order valence-electron chi connectivity index (χ1n) is 6.11. The lowest BCUT2D eigenvalue weighted by Gasteiger charge is -1.92. The fourth-order valence-electron chi connectivity index (χ4n) is 0.552. The average Bonchev–Trinajstić information content (AvgIpc) is 2.35. The van der Waals surface area contributed by atoms with Crippen molar-refractivity contribution >= 4 is 11.9 Å². The van der Waals surface area contributed by atoms with Gasteiger partial charge in [-0.1, -0.05) is 26.7 Å². The van der Waals surface area contributed by atoms with Gasteiger partial charge in [-0.25, -0.2) is 0 Å². The molecule has 6 nitrogen and oxygen atoms in total. The predicted octanol–water partition coefficient (Wildman–Crippen LogP) is 1.49. The highest BCUT2D eigenvalue weighted by molar-refractivity contribution is 5.67. The monoisotopic (exact) mass is 266 g/mol. The third-order valence-corrected chi connectivity index (χ3v) is 1.63. The van der Waals surface area contributed by atoms with Crippen LogP contribution < -0.4 is 0 Å². The second-order valence-electron chi connectivity index (χ2n) is 3.44. The lowest BCUT2D eigenvalue weighted by Crippen LogP contribution is -1.97. The summed E-state index contributed by atoms with van der Waals surface area (Å²) >= 11 is 0. The summed E-state index contributed by atoms with van der Waals surface area (Å²) in [6, 6.07) is 0. The van der Waals surface area contributed by atoms with Crippen molar-refractivity contribution in [1.82, 2.24) is 0 Å². The summed E-state index contributed by atoms with van der Waals surface area (Å²) in [4.78, 5) is 19.8. The Bertz CT molecular complexity index is 157. The van der Waals surface area contributed by atoms with Crippen LogP contribution in [0.2, 0.25) is 0 Å². The van der Waals surface area contributed by atoms with Crippen molar-refractivity contribution in [3.63, 3.8) is 0 Å². The summed E-state index contributed by atoms with van der Waals surface area (Å²) in [6.45, 7) is 4.11. The van der Waals surface area contributed by atoms with E-state index in [1.807, 2.05) is 0 Å². The van der Waals surface area contributed by atoms with E-state index < -0.39 is 11.9 Å². The Kier molecular flexibility index (Phi) is 26.0. The highest BCUT2D eigenvalue weighted by Gasteiger charge is 1.99. The summed E-state index contributed by atoms with van der Waals surface area (Å²) in [7, 11) is 0. The smallest absolute Gasteiger partial charge is 0.303 e. The number of unbranched alkanes of at least 4 members (excludes halogenated alkanes) is 2. The Balaban J connectivity index is -0.000000233. The number of carboxylic acids is 2. The molecule has 0 aromatic rings. The van der Waals surface area contributed by atoms with E-state index in [-0.39, 0.29) is 26.1 Å². The van der Waals surface area contributed by atoms with Gasteiger partial charge in [0.1, 0.15) is 0 Å². The van der Waals surface area contributed by atoms with Crippen LogP contribution in [0.25, 0.3) is 0 Å². The SMILES string of the molecule is CCCC.O=C(O)CCCCC(=O)O.OCCO. The molecule has 0 rings (SSSR count). The summed E-state index contributed by atoms with van der Waals surface area (Å²) in [5.41, 5.74) is 0. The maximum atomic E-state index is 9.90. The van der Waals surface area contributed by atoms with E-state index in [1.165, 1.54) is 12.8 Å². The molecule has 0 aromatic carbocycles. The average molecular weight is 266 g/mol. The zero-order valence-electron chi connectivity index (χ0n) is 11.3. The van der Waals surface area contributed by atoms with Crippen molar-refractivity contribution in [2.75, 3.05) is 13.2 Å². The Morgan fingerprint density at radius 1 is 0.778 bits per heavy atom. The van der Waals surface area contributed by atoms with E-state index in [2.05, 4.69) is 13.8 Å². The summed E-state index contributed by atoms with van der Waals surface area (Å²) in [5, 5.41) is 31.5. The highest BCUT2D eigenvalue weighted by atomic mass is 16.4. The molecule has 0 spiro atoms. The molecular weight excluding hydrogens is 240 g/mol. The van der Waals surface area contributed by atoms with Crippen LogP contribution in [0.15, 0.2) is 0 Å². The molecule has 0 saturated heterocycles. The minimum atomic E-state index is -0.870. The van der Waals surface area contributed by atoms with Crippen molar-refractivity contribution in [1.29, 1.82) is 0 Å². The third-order valence-electron chi connectivity index (χ3n) is 1.63. The first kappa shape index (κ1) is 22.1. The normalized spacial score (nSPS) is 8.44. The van der Waals surface area contributed by atoms with Crippen LogP contribution in [0, 0.1) is 0 Å². The summed E-state index contributed by atoms with van der Waals surface area (Å²) in [6.07, 6.45) is 3.66. The van der Waals surface area contributed by atoms with Gasteiger partial charge in [0.15, 0.2) is 0 Å². The Morgan fingerprint density at radius 3 is 1.17 bits per heavy atom. The van der Waals surface area contributed by atoms with Gasteiger partial charge in [-0.05, 0) is 12.8 Å². The number of hydrogen-bond donors (Lipinski definition) is 4. The van der Waals surface area contributed by atoms with E-state index in [0.717, 1.165) is 0 Å². The van der Waals surface area contributed by atoms with Crippen LogP contribution in [0.3, 0.4) is 0 Å². The minimum Gasteiger partial charge on any atom is -0.481 e. The van der Waals surface area contributed by atoms with Crippen LogP contribution in [-0.2, 0) is 9.59 Å². The quantitative estimate of drug-likeness (QED) is 0.519. The molecule has 18 heavy (non-hydrogen) atoms. The molecule has 0 aromatic heterocycles. The van der Waals surface area contributed by atoms with Crippen molar-refractivity contribution in [3.05, 3.63) is 0 Å². The second kappa shape index (κ2) is 21.2. The van der Waals surface area contributed by atoms with Gasteiger partial charge in [0.05, 0.1) is 13.2 Å². The van der Waals surface area contributed by atoms with E-state index in [9.17, 15) is 9.59 Å². The van der Waals surface area contributed by atoms with Crippen molar-refractivity contribution in [2.45, 2.75) is 52.4 Å². The largest absolute Gasteiger partial charge is 0.481 e. The van der Waals surface area contributed by atoms with E-state index >= 15 is 0 Å². The molecule has 0 aliphatic carbocycles. The molecule has 0 heterocycles. The summed E-state index contributed by atoms with van der Waals surface area (Å²) in [5.74, 6) is -1.74. The van der Waals surface area contributed by atoms with E-state index in [0.29, 0.717) is 12.8 Å². The molecule has 0 aliphatic rings. The maximum Gasteiger partial charge on any atom is 0.303 e. The topological polar surface area (TPSA) is 115 Å². The van der Waals surface area contributed by atoms with Crippen LogP contribution in [0.4, 0.5) is 0 Å². The second-order valence-corrected chi connectivity index (χ2v) is 3.44. The number of aliphatic carboxylic acids is 2. The maximum absolute atomic E-state index is 9.90. The number of aliphatic hydroxyl groups excluding tert-OH is 2. The molecule has 110 valence electrons. The number of hydrogen-bond acceptors (Lipinski definition) is 4. The Labute approximate surface area is 108 Å². The van der Waals surface area contributed by atoms with Gasteiger partial charge < -0.3 is 20.4 Å². The molecule has 0 aliphatic heterocycles. The third kappa shape index (κ3) is 46.2. The number of rotatable bonds is 7. The molecule has 0 unspecified atom stereocenters. The summed E-state index contributed by atoms with van der Waals surface area (Å²) < 4.78 is 0. The predicted molar refractivity (Wildman–Crippen MR) is 68.5 cm³/mol. The van der Waals surface area contributed by atoms with Crippen LogP contribution in [0.1, 0.15) is 52.4 Å². The zero-order valence-corrected chi connectivity index (χ0v) is 11.3. The Hall–Kier alpha value is -1.14. The van der Waals surface area contributed by atoms with Crippen molar-refractivity contribution < 1.29 is 30.0 Å². The fraction of sp³-hybridized carbons (Fsp3) is 0.833. The molecule has 4 N–H and O–H groups in total. The standard InChI is InChI=1S/C6H10O4.C4H10.C2H6O2/c7-5(8)3-1-2-4-6(9)10;1-3-4-2;3-1-2-4/h1-4H2,(H,7,8)(H,9,10);3-4H2,1-2H3;3-4H,1-2H2. The lowest BCUT2D eigenvalue weighted by atomic mass is 10.2. The van der Waals surface area contributed by atoms with Crippen molar-refractivity contribution in [2.24, 2.45) is 0 Å². The van der Waals surface area contributed by atoms with Crippen molar-refractivity contribution in [3.8, 4) is 0 Å². The van der Waals surface area contributed by atoms with Gasteiger partial charge >= 0.3 is 11.9 Å². The van der Waals surface area contributed by atoms with Gasteiger partial charge in [0, 0.05) is 12.8 Å². The number of carbonyl (C=O) groups is 2. The number of aliphatic hydroxyl groups is 2. The molecule has 0 bridgehead atoms. The molecule has 0 radical (unpaired) electrons. The van der Waals surface area contributed by atoms with E-state index in [1.54, 1.807) is 0 Å². The first-order chi connectivity index (χ1) is 8.45. The van der Waals surface area contributed by atoms with Gasteiger partial charge in [-0.15, -0.1) is 0 Å². The van der Waals surface area contributed by atoms with Crippen LogP contribution >= 0.6 is 0 Å². The highest BCUT2D eigenvalue weighted by Crippen LogP contribution is 1.98. The van der Waals surface area contributed by atoms with Gasteiger partial charge in [0.25, 0.3) is 0 Å². The van der Waals surface area contributed by atoms with Gasteiger partial charge in [-0.2, -0.15) is 0 Å². The van der Waals surface area contributed by atoms with Crippen LogP contribution in [0.5, 0.6) is 0 Å². The molecule has 0 atom stereocenters. The fourth-order valence-corrected chi connectivity index (χ4v) is 0.552. The van der Waals surface area contributed by atoms with Gasteiger partial charge in [-0.3, -0.25) is 9.59 Å². The molecule has 0 saturated carbocycles. The van der Waals surface area contributed by atoms with Crippen LogP contribution in [-0.4, -0.2) is 45.6 Å². The molecule has 0 fully saturated rings. The number of carboxylic acid groups (broad SMARTS) is 2. The zero-order chi connectivity index (χ0) is 14.8. The minimum absolute atomic E-state index is 0.0628. The first-order valence-corrected chi connectivity index (χ1v) is 6.11. The van der Waals surface area contributed by atoms with E-state index in [4.69, 9.17) is 20.4 Å². The molecule has 6 heteroatoms.